The summed E-state index contributed by atoms with van der Waals surface area (Å²) in [6.07, 6.45) is 2.73. The van der Waals surface area contributed by atoms with E-state index in [0.717, 1.165) is 53.5 Å². The van der Waals surface area contributed by atoms with E-state index in [-0.39, 0.29) is 18.7 Å². The fourth-order valence-electron chi connectivity index (χ4n) is 4.55. The average Bonchev–Trinajstić information content (AvgIpc) is 3.44. The van der Waals surface area contributed by atoms with E-state index in [1.165, 1.54) is 0 Å². The normalized spacial score (nSPS) is 21.4. The average molecular weight is 383 g/mol. The molecule has 28 heavy (non-hydrogen) atoms. The Labute approximate surface area is 164 Å². The molecule has 0 bridgehead atoms. The predicted molar refractivity (Wildman–Crippen MR) is 102 cm³/mol. The molecule has 0 radical (unpaired) electrons. The molecule has 3 aliphatic rings. The maximum atomic E-state index is 13.2. The molecule has 1 atom stereocenters. The lowest BCUT2D eigenvalue weighted by molar-refractivity contribution is -0.137. The Bertz CT molecular complexity index is 907. The minimum Gasteiger partial charge on any atom is -0.454 e. The van der Waals surface area contributed by atoms with Gasteiger partial charge in [-0.25, -0.2) is 0 Å². The summed E-state index contributed by atoms with van der Waals surface area (Å²) in [4.78, 5) is 17.5. The largest absolute Gasteiger partial charge is 0.454 e. The molecule has 7 nitrogen and oxygen atoms in total. The zero-order valence-electron chi connectivity index (χ0n) is 16.3. The van der Waals surface area contributed by atoms with E-state index in [4.69, 9.17) is 14.0 Å². The first kappa shape index (κ1) is 17.6. The van der Waals surface area contributed by atoms with E-state index < -0.39 is 0 Å². The van der Waals surface area contributed by atoms with E-state index in [1.807, 2.05) is 23.1 Å². The van der Waals surface area contributed by atoms with Gasteiger partial charge in [0.15, 0.2) is 11.5 Å². The van der Waals surface area contributed by atoms with Gasteiger partial charge in [-0.15, -0.1) is 0 Å². The molecule has 5 rings (SSSR count). The first-order chi connectivity index (χ1) is 13.6. The Hall–Kier alpha value is -2.54. The first-order valence-corrected chi connectivity index (χ1v) is 10.0. The van der Waals surface area contributed by atoms with Gasteiger partial charge < -0.3 is 18.9 Å². The van der Waals surface area contributed by atoms with Crippen molar-refractivity contribution in [1.29, 1.82) is 0 Å². The molecule has 1 amide bonds. The molecule has 1 saturated heterocycles. The van der Waals surface area contributed by atoms with Gasteiger partial charge in [-0.05, 0) is 51.4 Å². The van der Waals surface area contributed by atoms with E-state index in [1.54, 1.807) is 0 Å². The number of hydrogen-bond acceptors (Lipinski definition) is 6. The third-order valence-corrected chi connectivity index (χ3v) is 6.03. The van der Waals surface area contributed by atoms with Crippen molar-refractivity contribution < 1.29 is 18.8 Å². The second-order valence-electron chi connectivity index (χ2n) is 8.00. The van der Waals surface area contributed by atoms with Crippen LogP contribution in [-0.2, 0) is 17.8 Å². The van der Waals surface area contributed by atoms with Crippen LogP contribution in [0.1, 0.15) is 38.0 Å². The zero-order valence-corrected chi connectivity index (χ0v) is 16.3. The second kappa shape index (κ2) is 6.81. The summed E-state index contributed by atoms with van der Waals surface area (Å²) < 4.78 is 16.5. The third-order valence-electron chi connectivity index (χ3n) is 6.03. The molecule has 148 valence electrons. The summed E-state index contributed by atoms with van der Waals surface area (Å²) in [6.45, 7) is 6.80. The lowest BCUT2D eigenvalue weighted by Crippen LogP contribution is -2.49. The maximum Gasteiger partial charge on any atom is 0.240 e. The van der Waals surface area contributed by atoms with Crippen LogP contribution in [0.25, 0.3) is 11.3 Å². The zero-order chi connectivity index (χ0) is 19.3. The molecule has 0 aliphatic carbocycles. The number of carbonyl (C=O) groups is 1. The molecule has 1 fully saturated rings. The number of fused-ring (bicyclic) bond motifs is 2. The fourth-order valence-corrected chi connectivity index (χ4v) is 4.55. The number of hydrogen-bond donors (Lipinski definition) is 0. The summed E-state index contributed by atoms with van der Waals surface area (Å²) in [5.41, 5.74) is 2.72. The summed E-state index contributed by atoms with van der Waals surface area (Å²) in [5, 5.41) is 4.31. The highest BCUT2D eigenvalue weighted by atomic mass is 16.7. The van der Waals surface area contributed by atoms with Gasteiger partial charge in [0.2, 0.25) is 12.7 Å². The minimum atomic E-state index is -0.00426. The van der Waals surface area contributed by atoms with Gasteiger partial charge in [0.25, 0.3) is 0 Å². The smallest absolute Gasteiger partial charge is 0.240 e. The summed E-state index contributed by atoms with van der Waals surface area (Å²) in [7, 11) is 0. The molecule has 1 aromatic heterocycles. The molecule has 1 aromatic carbocycles. The summed E-state index contributed by atoms with van der Waals surface area (Å²) >= 11 is 0. The molecular weight excluding hydrogens is 358 g/mol. The lowest BCUT2D eigenvalue weighted by Gasteiger charge is -2.33. The van der Waals surface area contributed by atoms with E-state index >= 15 is 0 Å². The number of amides is 1. The molecule has 2 aromatic rings. The number of likely N-dealkylation sites (tertiary alicyclic amines) is 1. The number of aromatic nitrogens is 1. The first-order valence-electron chi connectivity index (χ1n) is 10.0. The van der Waals surface area contributed by atoms with E-state index in [9.17, 15) is 4.79 Å². The Morgan fingerprint density at radius 3 is 2.93 bits per heavy atom. The molecule has 0 unspecified atom stereocenters. The monoisotopic (exact) mass is 383 g/mol. The van der Waals surface area contributed by atoms with E-state index in [2.05, 4.69) is 23.9 Å². The highest BCUT2D eigenvalue weighted by Crippen LogP contribution is 2.38. The summed E-state index contributed by atoms with van der Waals surface area (Å²) in [6, 6.07) is 6.17. The Morgan fingerprint density at radius 2 is 2.07 bits per heavy atom. The van der Waals surface area contributed by atoms with Crippen molar-refractivity contribution in [1.82, 2.24) is 15.0 Å². The Balaban J connectivity index is 1.40. The lowest BCUT2D eigenvalue weighted by atomic mass is 10.00. The molecule has 0 N–H and O–H groups in total. The van der Waals surface area contributed by atoms with Crippen LogP contribution >= 0.6 is 0 Å². The van der Waals surface area contributed by atoms with Crippen molar-refractivity contribution in [3.05, 3.63) is 29.5 Å². The molecule has 3 aliphatic heterocycles. The van der Waals surface area contributed by atoms with Crippen LogP contribution in [0.2, 0.25) is 0 Å². The number of carbonyl (C=O) groups excluding carboxylic acids is 1. The van der Waals surface area contributed by atoms with Crippen LogP contribution in [0.4, 0.5) is 0 Å². The molecule has 4 heterocycles. The quantitative estimate of drug-likeness (QED) is 0.812. The third kappa shape index (κ3) is 2.85. The highest BCUT2D eigenvalue weighted by molar-refractivity contribution is 5.83. The number of benzene rings is 1. The van der Waals surface area contributed by atoms with Crippen LogP contribution in [0, 0.1) is 0 Å². The minimum absolute atomic E-state index is 0.00426. The van der Waals surface area contributed by atoms with Gasteiger partial charge >= 0.3 is 0 Å². The van der Waals surface area contributed by atoms with Gasteiger partial charge in [0.05, 0.1) is 12.6 Å². The van der Waals surface area contributed by atoms with Gasteiger partial charge in [-0.1, -0.05) is 5.16 Å². The SMILES string of the molecule is CC(C)N1CCC[C@@H]1C(=O)N1CCc2onc(-c3ccc4c(c3)OCO4)c2C1. The van der Waals surface area contributed by atoms with Crippen molar-refractivity contribution in [2.75, 3.05) is 19.9 Å². The molecule has 0 saturated carbocycles. The van der Waals surface area contributed by atoms with Crippen molar-refractivity contribution in [3.8, 4) is 22.8 Å². The summed E-state index contributed by atoms with van der Waals surface area (Å²) in [5.74, 6) is 2.57. The number of nitrogens with zero attached hydrogens (tertiary/aromatic N) is 3. The van der Waals surface area contributed by atoms with Crippen LogP contribution in [0.5, 0.6) is 11.5 Å². The topological polar surface area (TPSA) is 68.0 Å². The van der Waals surface area contributed by atoms with Crippen LogP contribution in [0.15, 0.2) is 22.7 Å². The van der Waals surface area contributed by atoms with Crippen molar-refractivity contribution in [2.24, 2.45) is 0 Å². The van der Waals surface area contributed by atoms with E-state index in [0.29, 0.717) is 25.6 Å². The van der Waals surface area contributed by atoms with Gasteiger partial charge in [0, 0.05) is 30.1 Å². The molecule has 0 spiro atoms. The maximum absolute atomic E-state index is 13.2. The van der Waals surface area contributed by atoms with Crippen LogP contribution < -0.4 is 9.47 Å². The number of rotatable bonds is 3. The molecule has 7 heteroatoms. The predicted octanol–water partition coefficient (Wildman–Crippen LogP) is 2.83. The van der Waals surface area contributed by atoms with Crippen molar-refractivity contribution in [3.63, 3.8) is 0 Å². The van der Waals surface area contributed by atoms with Gasteiger partial charge in [0.1, 0.15) is 11.5 Å². The Morgan fingerprint density at radius 1 is 1.21 bits per heavy atom. The van der Waals surface area contributed by atoms with Crippen LogP contribution in [-0.4, -0.2) is 52.8 Å². The number of ether oxygens (including phenoxy) is 2. The standard InChI is InChI=1S/C21H25N3O4/c1-13(2)24-8-3-4-16(24)21(25)23-9-7-17-15(11-23)20(22-28-17)14-5-6-18-19(10-14)27-12-26-18/h5-6,10,13,16H,3-4,7-9,11-12H2,1-2H3/t16-/m1/s1. The van der Waals surface area contributed by atoms with Gasteiger partial charge in [-0.3, -0.25) is 9.69 Å². The molecular formula is C21H25N3O4. The van der Waals surface area contributed by atoms with Crippen LogP contribution in [0.3, 0.4) is 0 Å². The highest BCUT2D eigenvalue weighted by Gasteiger charge is 2.37. The van der Waals surface area contributed by atoms with Crippen molar-refractivity contribution >= 4 is 5.91 Å². The second-order valence-corrected chi connectivity index (χ2v) is 8.00. The van der Waals surface area contributed by atoms with Crippen molar-refractivity contribution in [2.45, 2.75) is 51.7 Å². The fraction of sp³-hybridized carbons (Fsp3) is 0.524. The Kier molecular flexibility index (Phi) is 4.27. The van der Waals surface area contributed by atoms with Gasteiger partial charge in [-0.2, -0.15) is 0 Å².